The van der Waals surface area contributed by atoms with Gasteiger partial charge in [-0.1, -0.05) is 6.07 Å². The Hall–Kier alpha value is -2.21. The van der Waals surface area contributed by atoms with E-state index in [2.05, 4.69) is 4.98 Å². The van der Waals surface area contributed by atoms with Crippen LogP contribution in [0.15, 0.2) is 28.8 Å². The summed E-state index contributed by atoms with van der Waals surface area (Å²) in [5.74, 6) is 1.39. The van der Waals surface area contributed by atoms with E-state index in [1.807, 2.05) is 17.9 Å². The van der Waals surface area contributed by atoms with Gasteiger partial charge in [-0.15, -0.1) is 0 Å². The fraction of sp³-hybridized carbons (Fsp3) is 0.524. The maximum atomic E-state index is 14.2. The Morgan fingerprint density at radius 1 is 1.30 bits per heavy atom. The lowest BCUT2D eigenvalue weighted by molar-refractivity contribution is -0.0504. The summed E-state index contributed by atoms with van der Waals surface area (Å²) in [7, 11) is 0. The average molecular weight is 370 g/mol. The molecule has 0 radical (unpaired) electrons. The van der Waals surface area contributed by atoms with E-state index in [1.54, 1.807) is 12.1 Å². The molecule has 5 nitrogen and oxygen atoms in total. The summed E-state index contributed by atoms with van der Waals surface area (Å²) < 4.78 is 20.0. The van der Waals surface area contributed by atoms with Gasteiger partial charge in [0.2, 0.25) is 5.95 Å². The van der Waals surface area contributed by atoms with Gasteiger partial charge in [0.15, 0.2) is 0 Å². The molecule has 0 spiro atoms. The summed E-state index contributed by atoms with van der Waals surface area (Å²) in [4.78, 5) is 18.8. The Labute approximate surface area is 157 Å². The molecule has 27 heavy (non-hydrogen) atoms. The Morgan fingerprint density at radius 3 is 2.63 bits per heavy atom. The normalized spacial score (nSPS) is 30.0. The number of furan rings is 1. The molecule has 5 rings (SSSR count). The zero-order valence-corrected chi connectivity index (χ0v) is 15.3. The topological polar surface area (TPSA) is 66.6 Å². The van der Waals surface area contributed by atoms with Gasteiger partial charge < -0.3 is 14.4 Å². The number of nitrogens with zero attached hydrogens (tertiary/aromatic N) is 2. The first-order valence-corrected chi connectivity index (χ1v) is 9.72. The van der Waals surface area contributed by atoms with Crippen molar-refractivity contribution in [3.05, 3.63) is 53.0 Å². The minimum Gasteiger partial charge on any atom is -0.465 e. The minimum atomic E-state index is -1.27. The third-order valence-electron chi connectivity index (χ3n) is 6.41. The number of aromatic nitrogens is 1. The van der Waals surface area contributed by atoms with Crippen molar-refractivity contribution in [2.75, 3.05) is 0 Å². The first-order valence-electron chi connectivity index (χ1n) is 9.72. The SMILES string of the molecule is Cc1oc(C2CC2)cc1C(=O)N1[C@@H]2CC[C@H]1CC(O)(c1cccnc1F)C2. The Morgan fingerprint density at radius 2 is 2.00 bits per heavy atom. The van der Waals surface area contributed by atoms with Crippen molar-refractivity contribution in [1.29, 1.82) is 0 Å². The molecule has 3 atom stereocenters. The molecule has 2 aliphatic heterocycles. The summed E-state index contributed by atoms with van der Waals surface area (Å²) in [5.41, 5.74) is -0.401. The second-order valence-corrected chi connectivity index (χ2v) is 8.27. The van der Waals surface area contributed by atoms with Crippen molar-refractivity contribution >= 4 is 5.91 Å². The lowest BCUT2D eigenvalue weighted by atomic mass is 9.80. The van der Waals surface area contributed by atoms with Gasteiger partial charge in [0, 0.05) is 42.6 Å². The van der Waals surface area contributed by atoms with E-state index < -0.39 is 11.5 Å². The molecule has 1 aliphatic carbocycles. The van der Waals surface area contributed by atoms with Crippen molar-refractivity contribution in [2.45, 2.75) is 69.1 Å². The predicted molar refractivity (Wildman–Crippen MR) is 95.7 cm³/mol. The Kier molecular flexibility index (Phi) is 3.69. The second-order valence-electron chi connectivity index (χ2n) is 8.27. The largest absolute Gasteiger partial charge is 0.465 e. The van der Waals surface area contributed by atoms with Gasteiger partial charge in [0.05, 0.1) is 11.2 Å². The number of pyridine rings is 1. The molecular weight excluding hydrogens is 347 g/mol. The van der Waals surface area contributed by atoms with Crippen LogP contribution in [0.2, 0.25) is 0 Å². The highest BCUT2D eigenvalue weighted by molar-refractivity contribution is 5.96. The number of hydrogen-bond donors (Lipinski definition) is 1. The fourth-order valence-electron chi connectivity index (χ4n) is 4.94. The van der Waals surface area contributed by atoms with Gasteiger partial charge in [0.1, 0.15) is 11.5 Å². The third-order valence-corrected chi connectivity index (χ3v) is 6.41. The number of aliphatic hydroxyl groups is 1. The highest BCUT2D eigenvalue weighted by Gasteiger charge is 2.51. The zero-order valence-electron chi connectivity index (χ0n) is 15.3. The first-order chi connectivity index (χ1) is 13.0. The molecule has 2 aromatic heterocycles. The van der Waals surface area contributed by atoms with Gasteiger partial charge >= 0.3 is 0 Å². The molecular formula is C21H23FN2O3. The monoisotopic (exact) mass is 370 g/mol. The number of hydrogen-bond acceptors (Lipinski definition) is 4. The quantitative estimate of drug-likeness (QED) is 0.838. The fourth-order valence-corrected chi connectivity index (χ4v) is 4.94. The summed E-state index contributed by atoms with van der Waals surface area (Å²) in [6.45, 7) is 1.84. The Bertz CT molecular complexity index is 891. The maximum absolute atomic E-state index is 14.2. The van der Waals surface area contributed by atoms with Crippen molar-refractivity contribution in [3.8, 4) is 0 Å². The van der Waals surface area contributed by atoms with Gasteiger partial charge in [-0.25, -0.2) is 4.98 Å². The first kappa shape index (κ1) is 16.9. The average Bonchev–Trinajstić information content (AvgIpc) is 3.35. The van der Waals surface area contributed by atoms with E-state index in [0.29, 0.717) is 30.1 Å². The Balaban J connectivity index is 1.42. The van der Waals surface area contributed by atoms with Crippen LogP contribution in [-0.2, 0) is 5.60 Å². The van der Waals surface area contributed by atoms with Crippen molar-refractivity contribution in [1.82, 2.24) is 9.88 Å². The van der Waals surface area contributed by atoms with Gasteiger partial charge in [0.25, 0.3) is 5.91 Å². The predicted octanol–water partition coefficient (Wildman–Crippen LogP) is 3.65. The second kappa shape index (κ2) is 5.89. The molecule has 6 heteroatoms. The van der Waals surface area contributed by atoms with E-state index in [0.717, 1.165) is 31.4 Å². The molecule has 3 aliphatic rings. The van der Waals surface area contributed by atoms with E-state index >= 15 is 0 Å². The van der Waals surface area contributed by atoms with Crippen molar-refractivity contribution in [3.63, 3.8) is 0 Å². The van der Waals surface area contributed by atoms with E-state index in [-0.39, 0.29) is 23.6 Å². The molecule has 2 bridgehead atoms. The highest BCUT2D eigenvalue weighted by atomic mass is 19.1. The molecule has 1 saturated carbocycles. The number of carbonyl (C=O) groups excluding carboxylic acids is 1. The van der Waals surface area contributed by atoms with Crippen LogP contribution in [0.5, 0.6) is 0 Å². The van der Waals surface area contributed by atoms with Crippen LogP contribution in [0.4, 0.5) is 4.39 Å². The van der Waals surface area contributed by atoms with Crippen LogP contribution in [0, 0.1) is 12.9 Å². The van der Waals surface area contributed by atoms with Crippen molar-refractivity contribution in [2.24, 2.45) is 0 Å². The van der Waals surface area contributed by atoms with Gasteiger partial charge in [-0.2, -0.15) is 4.39 Å². The summed E-state index contributed by atoms with van der Waals surface area (Å²) in [6.07, 6.45) is 5.96. The van der Waals surface area contributed by atoms with E-state index in [4.69, 9.17) is 4.42 Å². The van der Waals surface area contributed by atoms with Crippen LogP contribution in [0.1, 0.15) is 71.9 Å². The van der Waals surface area contributed by atoms with Crippen LogP contribution < -0.4 is 0 Å². The molecule has 2 aromatic rings. The lowest BCUT2D eigenvalue weighted by Crippen LogP contribution is -2.52. The smallest absolute Gasteiger partial charge is 0.257 e. The van der Waals surface area contributed by atoms with Crippen LogP contribution in [-0.4, -0.2) is 33.0 Å². The number of carbonyl (C=O) groups is 1. The standard InChI is InChI=1S/C21H23FN2O3/c1-12-16(9-18(27-12)13-4-5-13)20(25)24-14-6-7-15(24)11-21(26,10-14)17-3-2-8-23-19(17)22/h2-3,8-9,13-15,26H,4-7,10-11H2,1H3/t14-,15+,21?. The number of amides is 1. The molecule has 1 unspecified atom stereocenters. The summed E-state index contributed by atoms with van der Waals surface area (Å²) in [6, 6.07) is 4.95. The number of piperidine rings is 1. The maximum Gasteiger partial charge on any atom is 0.257 e. The van der Waals surface area contributed by atoms with Gasteiger partial charge in [-0.3, -0.25) is 4.79 Å². The molecule has 1 N–H and O–H groups in total. The number of fused-ring (bicyclic) bond motifs is 2. The summed E-state index contributed by atoms with van der Waals surface area (Å²) >= 11 is 0. The molecule has 142 valence electrons. The lowest BCUT2D eigenvalue weighted by Gasteiger charge is -2.43. The van der Waals surface area contributed by atoms with Crippen molar-refractivity contribution < 1.29 is 18.7 Å². The summed E-state index contributed by atoms with van der Waals surface area (Å²) in [5, 5.41) is 11.2. The highest BCUT2D eigenvalue weighted by Crippen LogP contribution is 2.47. The molecule has 1 amide bonds. The number of halogens is 1. The van der Waals surface area contributed by atoms with E-state index in [1.165, 1.54) is 6.20 Å². The van der Waals surface area contributed by atoms with Crippen LogP contribution in [0.3, 0.4) is 0 Å². The molecule has 2 saturated heterocycles. The number of rotatable bonds is 3. The number of aryl methyl sites for hydroxylation is 1. The van der Waals surface area contributed by atoms with Crippen LogP contribution >= 0.6 is 0 Å². The molecule has 0 aromatic carbocycles. The third kappa shape index (κ3) is 2.69. The zero-order chi connectivity index (χ0) is 18.8. The molecule has 4 heterocycles. The van der Waals surface area contributed by atoms with Crippen LogP contribution in [0.25, 0.3) is 0 Å². The van der Waals surface area contributed by atoms with E-state index in [9.17, 15) is 14.3 Å². The molecule has 3 fully saturated rings. The minimum absolute atomic E-state index is 0.0237. The van der Waals surface area contributed by atoms with Gasteiger partial charge in [-0.05, 0) is 44.7 Å².